The molecule has 0 spiro atoms. The average Bonchev–Trinajstić information content (AvgIpc) is 2.45. The molecule has 0 aromatic rings. The van der Waals surface area contributed by atoms with Crippen LogP contribution in [0.2, 0.25) is 0 Å². The molecule has 0 radical (unpaired) electrons. The lowest BCUT2D eigenvalue weighted by atomic mass is 9.78. The number of carboxylic acid groups (broad SMARTS) is 1. The number of amides is 2. The van der Waals surface area contributed by atoms with Gasteiger partial charge in [-0.1, -0.05) is 19.8 Å². The molecule has 20 heavy (non-hydrogen) atoms. The highest BCUT2D eigenvalue weighted by Crippen LogP contribution is 2.35. The number of likely N-dealkylation sites (tertiary alicyclic amines) is 1. The Morgan fingerprint density at radius 2 is 1.90 bits per heavy atom. The predicted octanol–water partition coefficient (Wildman–Crippen LogP) is 2.56. The summed E-state index contributed by atoms with van der Waals surface area (Å²) >= 11 is 0. The van der Waals surface area contributed by atoms with Gasteiger partial charge in [-0.15, -0.1) is 0 Å². The zero-order valence-corrected chi connectivity index (χ0v) is 12.4. The Hall–Kier alpha value is -1.26. The van der Waals surface area contributed by atoms with Crippen LogP contribution in [0.5, 0.6) is 0 Å². The first-order valence-corrected chi connectivity index (χ1v) is 7.90. The van der Waals surface area contributed by atoms with Crippen molar-refractivity contribution in [1.82, 2.24) is 9.80 Å². The van der Waals surface area contributed by atoms with E-state index in [9.17, 15) is 9.59 Å². The molecule has 1 aliphatic heterocycles. The monoisotopic (exact) mass is 282 g/mol. The quantitative estimate of drug-likeness (QED) is 0.862. The van der Waals surface area contributed by atoms with Crippen molar-refractivity contribution in [2.24, 2.45) is 5.92 Å². The molecule has 2 atom stereocenters. The molecule has 1 N–H and O–H groups in total. The normalized spacial score (nSPS) is 25.9. The highest BCUT2D eigenvalue weighted by Gasteiger charge is 2.37. The highest BCUT2D eigenvalue weighted by molar-refractivity contribution is 5.80. The summed E-state index contributed by atoms with van der Waals surface area (Å²) in [6.45, 7) is 3.11. The first kappa shape index (κ1) is 15.1. The Balaban J connectivity index is 2.06. The van der Waals surface area contributed by atoms with Crippen molar-refractivity contribution in [1.29, 1.82) is 0 Å². The van der Waals surface area contributed by atoms with E-state index in [1.54, 1.807) is 0 Å². The number of carbonyl (C=O) groups excluding carboxylic acids is 1. The van der Waals surface area contributed by atoms with Crippen LogP contribution in [-0.2, 0) is 4.79 Å². The van der Waals surface area contributed by atoms with Gasteiger partial charge in [0.05, 0.1) is 0 Å². The first-order valence-electron chi connectivity index (χ1n) is 7.90. The van der Waals surface area contributed by atoms with E-state index >= 15 is 0 Å². The Morgan fingerprint density at radius 3 is 2.60 bits per heavy atom. The Kier molecular flexibility index (Phi) is 5.26. The lowest BCUT2D eigenvalue weighted by Gasteiger charge is -2.45. The number of urea groups is 1. The summed E-state index contributed by atoms with van der Waals surface area (Å²) in [6, 6.07) is 0.281. The summed E-state index contributed by atoms with van der Waals surface area (Å²) in [5.41, 5.74) is 0. The minimum atomic E-state index is -0.927. The molecule has 0 unspecified atom stereocenters. The smallest absolute Gasteiger partial charge is 0.323 e. The van der Waals surface area contributed by atoms with Gasteiger partial charge in [-0.2, -0.15) is 0 Å². The van der Waals surface area contributed by atoms with E-state index in [4.69, 9.17) is 5.11 Å². The summed E-state index contributed by atoms with van der Waals surface area (Å²) in [7, 11) is 0. The zero-order chi connectivity index (χ0) is 14.5. The molecule has 0 aromatic heterocycles. The third-order valence-electron chi connectivity index (χ3n) is 4.58. The molecule has 2 fully saturated rings. The van der Waals surface area contributed by atoms with E-state index in [-0.39, 0.29) is 12.6 Å². The standard InChI is InChI=1S/C15H26N2O3/c1-2-9-16(11-14(18)19)15(20)17-10-5-7-12-6-3-4-8-13(12)17/h12-13H,2-11H2,1H3,(H,18,19)/t12-,13-/m1/s1. The second-order valence-corrected chi connectivity index (χ2v) is 6.05. The van der Waals surface area contributed by atoms with Crippen molar-refractivity contribution >= 4 is 12.0 Å². The van der Waals surface area contributed by atoms with Gasteiger partial charge >= 0.3 is 12.0 Å². The van der Waals surface area contributed by atoms with Gasteiger partial charge in [0.25, 0.3) is 0 Å². The largest absolute Gasteiger partial charge is 0.480 e. The zero-order valence-electron chi connectivity index (χ0n) is 12.4. The van der Waals surface area contributed by atoms with Gasteiger partial charge in [-0.25, -0.2) is 4.79 Å². The molecule has 1 aliphatic carbocycles. The van der Waals surface area contributed by atoms with Gasteiger partial charge < -0.3 is 14.9 Å². The fourth-order valence-electron chi connectivity index (χ4n) is 3.72. The minimum absolute atomic E-state index is 0.0640. The van der Waals surface area contributed by atoms with E-state index in [0.717, 1.165) is 25.8 Å². The maximum Gasteiger partial charge on any atom is 0.323 e. The molecule has 0 bridgehead atoms. The van der Waals surface area contributed by atoms with Crippen molar-refractivity contribution in [3.05, 3.63) is 0 Å². The van der Waals surface area contributed by atoms with Crippen LogP contribution >= 0.6 is 0 Å². The molecular weight excluding hydrogens is 256 g/mol. The molecular formula is C15H26N2O3. The first-order chi connectivity index (χ1) is 9.63. The number of rotatable bonds is 4. The van der Waals surface area contributed by atoms with Crippen molar-refractivity contribution in [3.8, 4) is 0 Å². The summed E-state index contributed by atoms with van der Waals surface area (Å²) < 4.78 is 0. The Bertz CT molecular complexity index is 357. The fourth-order valence-corrected chi connectivity index (χ4v) is 3.72. The summed E-state index contributed by atoms with van der Waals surface area (Å²) in [5, 5.41) is 8.98. The van der Waals surface area contributed by atoms with Crippen molar-refractivity contribution in [3.63, 3.8) is 0 Å². The summed E-state index contributed by atoms with van der Waals surface area (Å²) in [4.78, 5) is 27.1. The summed E-state index contributed by atoms with van der Waals surface area (Å²) in [6.07, 6.45) is 7.85. The highest BCUT2D eigenvalue weighted by atomic mass is 16.4. The lowest BCUT2D eigenvalue weighted by molar-refractivity contribution is -0.137. The second-order valence-electron chi connectivity index (χ2n) is 6.05. The van der Waals surface area contributed by atoms with Crippen molar-refractivity contribution in [2.45, 2.75) is 57.9 Å². The van der Waals surface area contributed by atoms with Crippen LogP contribution < -0.4 is 0 Å². The van der Waals surface area contributed by atoms with Gasteiger partial charge in [0.15, 0.2) is 0 Å². The van der Waals surface area contributed by atoms with Gasteiger partial charge in [0.2, 0.25) is 0 Å². The Morgan fingerprint density at radius 1 is 1.20 bits per heavy atom. The van der Waals surface area contributed by atoms with E-state index in [1.165, 1.54) is 30.6 Å². The molecule has 5 heteroatoms. The topological polar surface area (TPSA) is 60.9 Å². The van der Waals surface area contributed by atoms with E-state index in [1.807, 2.05) is 11.8 Å². The lowest BCUT2D eigenvalue weighted by Crippen LogP contribution is -2.55. The predicted molar refractivity (Wildman–Crippen MR) is 76.6 cm³/mol. The van der Waals surface area contributed by atoms with Crippen molar-refractivity contribution in [2.75, 3.05) is 19.6 Å². The molecule has 1 saturated heterocycles. The van der Waals surface area contributed by atoms with Crippen LogP contribution in [0, 0.1) is 5.92 Å². The number of fused-ring (bicyclic) bond motifs is 1. The van der Waals surface area contributed by atoms with E-state index in [2.05, 4.69) is 0 Å². The molecule has 114 valence electrons. The number of piperidine rings is 1. The molecule has 0 aromatic carbocycles. The number of aliphatic carboxylic acids is 1. The molecule has 1 heterocycles. The van der Waals surface area contributed by atoms with Crippen LogP contribution in [0.1, 0.15) is 51.9 Å². The van der Waals surface area contributed by atoms with Crippen molar-refractivity contribution < 1.29 is 14.7 Å². The fraction of sp³-hybridized carbons (Fsp3) is 0.867. The molecule has 1 saturated carbocycles. The molecule has 2 amide bonds. The van der Waals surface area contributed by atoms with Gasteiger partial charge in [-0.3, -0.25) is 4.79 Å². The molecule has 2 rings (SSSR count). The van der Waals surface area contributed by atoms with Gasteiger partial charge in [0.1, 0.15) is 6.54 Å². The van der Waals surface area contributed by atoms with Crippen LogP contribution in [0.3, 0.4) is 0 Å². The summed E-state index contributed by atoms with van der Waals surface area (Å²) in [5.74, 6) is -0.293. The number of hydrogen-bond donors (Lipinski definition) is 1. The number of carboxylic acids is 1. The van der Waals surface area contributed by atoms with E-state index in [0.29, 0.717) is 18.5 Å². The van der Waals surface area contributed by atoms with Crippen LogP contribution in [0.4, 0.5) is 4.79 Å². The van der Waals surface area contributed by atoms with Gasteiger partial charge in [0, 0.05) is 19.1 Å². The average molecular weight is 282 g/mol. The van der Waals surface area contributed by atoms with Crippen LogP contribution in [0.15, 0.2) is 0 Å². The van der Waals surface area contributed by atoms with Crippen LogP contribution in [0.25, 0.3) is 0 Å². The minimum Gasteiger partial charge on any atom is -0.480 e. The molecule has 2 aliphatic rings. The maximum atomic E-state index is 12.7. The maximum absolute atomic E-state index is 12.7. The second kappa shape index (κ2) is 6.95. The van der Waals surface area contributed by atoms with E-state index < -0.39 is 5.97 Å². The third kappa shape index (κ3) is 3.44. The number of hydrogen-bond acceptors (Lipinski definition) is 2. The number of carbonyl (C=O) groups is 2. The third-order valence-corrected chi connectivity index (χ3v) is 4.58. The molecule has 5 nitrogen and oxygen atoms in total. The van der Waals surface area contributed by atoms with Crippen LogP contribution in [-0.4, -0.2) is 52.6 Å². The van der Waals surface area contributed by atoms with Gasteiger partial charge in [-0.05, 0) is 38.0 Å². The SMILES string of the molecule is CCCN(CC(=O)O)C(=O)N1CCC[C@H]2CCCC[C@H]21. The number of nitrogens with zero attached hydrogens (tertiary/aromatic N) is 2. The Labute approximate surface area is 120 Å².